The molecule has 2 rings (SSSR count). The van der Waals surface area contributed by atoms with Gasteiger partial charge in [0.1, 0.15) is 0 Å². The maximum absolute atomic E-state index is 13.0. The van der Waals surface area contributed by atoms with Crippen molar-refractivity contribution in [2.24, 2.45) is 5.41 Å². The van der Waals surface area contributed by atoms with Gasteiger partial charge >= 0.3 is 0 Å². The summed E-state index contributed by atoms with van der Waals surface area (Å²) in [6.07, 6.45) is 2.56. The van der Waals surface area contributed by atoms with Crippen LogP contribution in [0.4, 0.5) is 4.39 Å². The lowest BCUT2D eigenvalue weighted by Crippen LogP contribution is -2.21. The van der Waals surface area contributed by atoms with Crippen LogP contribution in [-0.2, 0) is 6.54 Å². The Bertz CT molecular complexity index is 361. The van der Waals surface area contributed by atoms with Crippen LogP contribution in [-0.4, -0.2) is 11.7 Å². The average molecular weight is 209 g/mol. The largest absolute Gasteiger partial charge is 0.505 e. The van der Waals surface area contributed by atoms with Crippen molar-refractivity contribution in [3.63, 3.8) is 0 Å². The summed E-state index contributed by atoms with van der Waals surface area (Å²) in [4.78, 5) is 0. The van der Waals surface area contributed by atoms with Crippen molar-refractivity contribution >= 4 is 0 Å². The van der Waals surface area contributed by atoms with Crippen molar-refractivity contribution in [2.45, 2.75) is 26.3 Å². The van der Waals surface area contributed by atoms with Gasteiger partial charge in [0.05, 0.1) is 0 Å². The summed E-state index contributed by atoms with van der Waals surface area (Å²) in [5.74, 6) is -0.833. The van der Waals surface area contributed by atoms with E-state index in [-0.39, 0.29) is 5.75 Å². The van der Waals surface area contributed by atoms with Gasteiger partial charge in [0, 0.05) is 13.1 Å². The second-order valence-corrected chi connectivity index (χ2v) is 4.70. The summed E-state index contributed by atoms with van der Waals surface area (Å²) in [5, 5.41) is 12.3. The van der Waals surface area contributed by atoms with Gasteiger partial charge in [0.15, 0.2) is 11.6 Å². The maximum Gasteiger partial charge on any atom is 0.165 e. The highest BCUT2D eigenvalue weighted by atomic mass is 19.1. The third-order valence-electron chi connectivity index (χ3n) is 3.00. The third-order valence-corrected chi connectivity index (χ3v) is 3.00. The van der Waals surface area contributed by atoms with Crippen molar-refractivity contribution in [1.82, 2.24) is 5.32 Å². The smallest absolute Gasteiger partial charge is 0.165 e. The molecule has 1 aromatic carbocycles. The summed E-state index contributed by atoms with van der Waals surface area (Å²) in [7, 11) is 0. The van der Waals surface area contributed by atoms with Gasteiger partial charge in [-0.3, -0.25) is 0 Å². The number of rotatable bonds is 4. The highest BCUT2D eigenvalue weighted by molar-refractivity contribution is 5.27. The molecule has 1 aliphatic rings. The molecule has 1 aromatic rings. The molecular formula is C12H16FNO. The Hall–Kier alpha value is -1.09. The van der Waals surface area contributed by atoms with E-state index in [1.54, 1.807) is 6.07 Å². The summed E-state index contributed by atoms with van der Waals surface area (Å²) in [6.45, 7) is 3.89. The molecule has 0 saturated heterocycles. The topological polar surface area (TPSA) is 32.3 Å². The number of phenolic OH excluding ortho intramolecular Hbond substituents is 1. The van der Waals surface area contributed by atoms with Gasteiger partial charge in [-0.2, -0.15) is 0 Å². The molecule has 1 fully saturated rings. The van der Waals surface area contributed by atoms with Gasteiger partial charge < -0.3 is 10.4 Å². The molecule has 0 aromatic heterocycles. The Morgan fingerprint density at radius 3 is 2.80 bits per heavy atom. The summed E-state index contributed by atoms with van der Waals surface area (Å²) < 4.78 is 13.0. The number of halogens is 1. The van der Waals surface area contributed by atoms with Crippen LogP contribution >= 0.6 is 0 Å². The fourth-order valence-electron chi connectivity index (χ4n) is 1.56. The number of benzene rings is 1. The van der Waals surface area contributed by atoms with Crippen molar-refractivity contribution in [3.8, 4) is 5.75 Å². The van der Waals surface area contributed by atoms with E-state index >= 15 is 0 Å². The van der Waals surface area contributed by atoms with E-state index in [2.05, 4.69) is 12.2 Å². The molecule has 2 N–H and O–H groups in total. The maximum atomic E-state index is 13.0. The first-order valence-electron chi connectivity index (χ1n) is 5.27. The summed E-state index contributed by atoms with van der Waals surface area (Å²) >= 11 is 0. The van der Waals surface area contributed by atoms with Crippen LogP contribution in [0.1, 0.15) is 25.3 Å². The monoisotopic (exact) mass is 209 g/mol. The zero-order valence-corrected chi connectivity index (χ0v) is 8.89. The normalized spacial score (nSPS) is 17.7. The van der Waals surface area contributed by atoms with Gasteiger partial charge in [0.25, 0.3) is 0 Å². The number of hydrogen-bond acceptors (Lipinski definition) is 2. The Kier molecular flexibility index (Phi) is 2.65. The van der Waals surface area contributed by atoms with Crippen LogP contribution in [0.2, 0.25) is 0 Å². The van der Waals surface area contributed by atoms with Crippen molar-refractivity contribution in [3.05, 3.63) is 29.6 Å². The molecule has 15 heavy (non-hydrogen) atoms. The van der Waals surface area contributed by atoms with E-state index in [1.807, 2.05) is 0 Å². The molecule has 3 heteroatoms. The Morgan fingerprint density at radius 2 is 2.20 bits per heavy atom. The second-order valence-electron chi connectivity index (χ2n) is 4.70. The summed E-state index contributed by atoms with van der Waals surface area (Å²) in [5.41, 5.74) is 1.34. The number of nitrogens with one attached hydrogen (secondary N) is 1. The van der Waals surface area contributed by atoms with Crippen LogP contribution in [0.25, 0.3) is 0 Å². The number of phenols is 1. The van der Waals surface area contributed by atoms with E-state index in [1.165, 1.54) is 25.0 Å². The molecule has 0 spiro atoms. The lowest BCUT2D eigenvalue weighted by molar-refractivity contribution is 0.431. The lowest BCUT2D eigenvalue weighted by Gasteiger charge is -2.10. The molecule has 2 nitrogen and oxygen atoms in total. The van der Waals surface area contributed by atoms with Crippen LogP contribution in [0.3, 0.4) is 0 Å². The zero-order valence-electron chi connectivity index (χ0n) is 8.89. The van der Waals surface area contributed by atoms with E-state index in [4.69, 9.17) is 5.11 Å². The molecule has 0 radical (unpaired) electrons. The van der Waals surface area contributed by atoms with Crippen LogP contribution in [0.15, 0.2) is 18.2 Å². The molecule has 0 aliphatic heterocycles. The van der Waals surface area contributed by atoms with Gasteiger partial charge in [0.2, 0.25) is 0 Å². The van der Waals surface area contributed by atoms with Crippen LogP contribution < -0.4 is 5.32 Å². The van der Waals surface area contributed by atoms with Gasteiger partial charge in [-0.1, -0.05) is 13.0 Å². The number of hydrogen-bond donors (Lipinski definition) is 2. The molecule has 82 valence electrons. The molecule has 1 saturated carbocycles. The van der Waals surface area contributed by atoms with Gasteiger partial charge in [-0.25, -0.2) is 4.39 Å². The van der Waals surface area contributed by atoms with Crippen molar-refractivity contribution < 1.29 is 9.50 Å². The predicted octanol–water partition coefficient (Wildman–Crippen LogP) is 2.42. The highest BCUT2D eigenvalue weighted by Crippen LogP contribution is 2.44. The van der Waals surface area contributed by atoms with Crippen LogP contribution in [0.5, 0.6) is 5.75 Å². The van der Waals surface area contributed by atoms with E-state index in [9.17, 15) is 4.39 Å². The Morgan fingerprint density at radius 1 is 1.47 bits per heavy atom. The molecule has 0 heterocycles. The third kappa shape index (κ3) is 2.69. The Labute approximate surface area is 89.1 Å². The Balaban J connectivity index is 1.85. The molecule has 1 aliphatic carbocycles. The minimum absolute atomic E-state index is 0.284. The standard InChI is InChI=1S/C12H16FNO/c1-12(4-5-12)8-14-7-9-2-3-11(15)10(13)6-9/h2-3,6,14-15H,4-5,7-8H2,1H3. The van der Waals surface area contributed by atoms with Crippen LogP contribution in [0, 0.1) is 11.2 Å². The fourth-order valence-corrected chi connectivity index (χ4v) is 1.56. The molecule has 0 amide bonds. The predicted molar refractivity (Wildman–Crippen MR) is 57.1 cm³/mol. The molecule has 0 bridgehead atoms. The van der Waals surface area contributed by atoms with E-state index < -0.39 is 5.82 Å². The minimum Gasteiger partial charge on any atom is -0.505 e. The second kappa shape index (κ2) is 3.81. The van der Waals surface area contributed by atoms with E-state index in [0.717, 1.165) is 12.1 Å². The molecule has 0 unspecified atom stereocenters. The SMILES string of the molecule is CC1(CNCc2ccc(O)c(F)c2)CC1. The minimum atomic E-state index is -0.549. The van der Waals surface area contributed by atoms with Crippen molar-refractivity contribution in [2.75, 3.05) is 6.54 Å². The lowest BCUT2D eigenvalue weighted by atomic mass is 10.1. The first kappa shape index (κ1) is 10.4. The first-order valence-corrected chi connectivity index (χ1v) is 5.27. The quantitative estimate of drug-likeness (QED) is 0.798. The van der Waals surface area contributed by atoms with Crippen molar-refractivity contribution in [1.29, 1.82) is 0 Å². The van der Waals surface area contributed by atoms with Gasteiger partial charge in [-0.15, -0.1) is 0 Å². The summed E-state index contributed by atoms with van der Waals surface area (Å²) in [6, 6.07) is 4.50. The highest BCUT2D eigenvalue weighted by Gasteiger charge is 2.36. The molecule has 0 atom stereocenters. The molecular weight excluding hydrogens is 193 g/mol. The number of aromatic hydroxyl groups is 1. The first-order chi connectivity index (χ1) is 7.09. The van der Waals surface area contributed by atoms with E-state index in [0.29, 0.717) is 12.0 Å². The fraction of sp³-hybridized carbons (Fsp3) is 0.500. The average Bonchev–Trinajstić information content (AvgIpc) is 2.90. The zero-order chi connectivity index (χ0) is 10.9. The van der Waals surface area contributed by atoms with Gasteiger partial charge in [-0.05, 0) is 36.0 Å².